The Morgan fingerprint density at radius 3 is 2.56 bits per heavy atom. The van der Waals surface area contributed by atoms with E-state index in [0.717, 1.165) is 0 Å². The summed E-state index contributed by atoms with van der Waals surface area (Å²) in [6.45, 7) is -0.489. The fraction of sp³-hybridized carbons (Fsp3) is 0.348. The molecule has 5 atom stereocenters. The Bertz CT molecular complexity index is 1270. The van der Waals surface area contributed by atoms with Gasteiger partial charge in [-0.2, -0.15) is 0 Å². The van der Waals surface area contributed by atoms with Gasteiger partial charge in [0, 0.05) is 6.07 Å². The first-order valence-corrected chi connectivity index (χ1v) is 10.4. The van der Waals surface area contributed by atoms with E-state index in [0.29, 0.717) is 22.6 Å². The number of benzene rings is 2. The van der Waals surface area contributed by atoms with Crippen molar-refractivity contribution in [2.75, 3.05) is 20.5 Å². The molecular weight excluding hydrogens is 452 g/mol. The van der Waals surface area contributed by atoms with Crippen molar-refractivity contribution in [2.24, 2.45) is 0 Å². The lowest BCUT2D eigenvalue weighted by Gasteiger charge is -2.39. The molecule has 1 fully saturated rings. The second-order valence-corrected chi connectivity index (χ2v) is 7.86. The van der Waals surface area contributed by atoms with E-state index in [1.54, 1.807) is 18.2 Å². The molecule has 0 spiro atoms. The van der Waals surface area contributed by atoms with Crippen molar-refractivity contribution < 1.29 is 48.5 Å². The smallest absolute Gasteiger partial charge is 0.231 e. The van der Waals surface area contributed by atoms with Gasteiger partial charge in [-0.05, 0) is 23.8 Å². The summed E-state index contributed by atoms with van der Waals surface area (Å²) < 4.78 is 32.8. The summed E-state index contributed by atoms with van der Waals surface area (Å²) >= 11 is 0. The predicted octanol–water partition coefficient (Wildman–Crippen LogP) is 0.376. The summed E-state index contributed by atoms with van der Waals surface area (Å²) in [5.41, 5.74) is 0.739. The molecule has 3 aromatic rings. The average molecular weight is 474 g/mol. The van der Waals surface area contributed by atoms with Gasteiger partial charge in [-0.1, -0.05) is 6.07 Å². The molecule has 2 aromatic carbocycles. The molecule has 34 heavy (non-hydrogen) atoms. The van der Waals surface area contributed by atoms with Crippen LogP contribution in [0.25, 0.3) is 22.1 Å². The van der Waals surface area contributed by atoms with Crippen molar-refractivity contribution in [1.29, 1.82) is 0 Å². The van der Waals surface area contributed by atoms with Crippen molar-refractivity contribution in [2.45, 2.75) is 30.7 Å². The van der Waals surface area contributed by atoms with Crippen LogP contribution in [0, 0.1) is 0 Å². The number of hydrogen-bond donors (Lipinski definition) is 4. The number of rotatable bonds is 5. The van der Waals surface area contributed by atoms with Crippen LogP contribution >= 0.6 is 0 Å². The van der Waals surface area contributed by atoms with Crippen LogP contribution in [-0.2, 0) is 4.74 Å². The maximum atomic E-state index is 13.2. The summed E-state index contributed by atoms with van der Waals surface area (Å²) in [5, 5.41) is 39.8. The molecule has 11 heteroatoms. The highest BCUT2D eigenvalue weighted by atomic mass is 16.7. The predicted molar refractivity (Wildman–Crippen MR) is 115 cm³/mol. The molecule has 2 aliphatic heterocycles. The number of fused-ring (bicyclic) bond motifs is 2. The van der Waals surface area contributed by atoms with Crippen molar-refractivity contribution in [3.05, 3.63) is 46.8 Å². The minimum Gasteiger partial charge on any atom is -0.493 e. The Morgan fingerprint density at radius 1 is 1.00 bits per heavy atom. The van der Waals surface area contributed by atoms with Gasteiger partial charge in [-0.25, -0.2) is 0 Å². The highest BCUT2D eigenvalue weighted by Gasteiger charge is 2.45. The standard InChI is InChI=1S/C23H22O11/c1-29-15-5-11-14(6-17(15)33-23-22(28)21(27)20(26)18(7-24)34-23)30-8-12(19(11)25)10-2-3-13-16(4-10)32-9-31-13/h2-6,8,18,20-24,26-28H,7,9H2,1H3/t18-,20-,21+,22+,23-/m1/s1. The van der Waals surface area contributed by atoms with Crippen molar-refractivity contribution in [1.82, 2.24) is 0 Å². The molecule has 2 aliphatic rings. The molecule has 1 saturated heterocycles. The highest BCUT2D eigenvalue weighted by Crippen LogP contribution is 2.37. The molecule has 180 valence electrons. The fourth-order valence-corrected chi connectivity index (χ4v) is 3.94. The molecule has 4 N–H and O–H groups in total. The lowest BCUT2D eigenvalue weighted by Crippen LogP contribution is -2.60. The van der Waals surface area contributed by atoms with E-state index in [9.17, 15) is 25.2 Å². The van der Waals surface area contributed by atoms with Gasteiger partial charge in [0.25, 0.3) is 0 Å². The average Bonchev–Trinajstić information content (AvgIpc) is 3.32. The quantitative estimate of drug-likeness (QED) is 0.405. The monoisotopic (exact) mass is 474 g/mol. The zero-order chi connectivity index (χ0) is 24.0. The number of aliphatic hydroxyl groups excluding tert-OH is 4. The van der Waals surface area contributed by atoms with E-state index in [-0.39, 0.29) is 34.7 Å². The van der Waals surface area contributed by atoms with Crippen molar-refractivity contribution >= 4 is 11.0 Å². The summed E-state index contributed by atoms with van der Waals surface area (Å²) in [7, 11) is 1.37. The molecular formula is C23H22O11. The van der Waals surface area contributed by atoms with E-state index in [1.165, 1.54) is 25.5 Å². The molecule has 5 rings (SSSR count). The minimum atomic E-state index is -1.61. The van der Waals surface area contributed by atoms with E-state index in [4.69, 9.17) is 28.1 Å². The van der Waals surface area contributed by atoms with Crippen LogP contribution in [0.2, 0.25) is 0 Å². The van der Waals surface area contributed by atoms with Gasteiger partial charge >= 0.3 is 0 Å². The molecule has 0 aliphatic carbocycles. The molecule has 0 radical (unpaired) electrons. The maximum Gasteiger partial charge on any atom is 0.231 e. The van der Waals surface area contributed by atoms with Gasteiger partial charge in [0.1, 0.15) is 36.3 Å². The topological polar surface area (TPSA) is 157 Å². The molecule has 1 aromatic heterocycles. The fourth-order valence-electron chi connectivity index (χ4n) is 3.94. The minimum absolute atomic E-state index is 0.0540. The SMILES string of the molecule is COc1cc2c(=O)c(-c3ccc4c(c3)OCO4)coc2cc1O[C@@H]1O[C@H](CO)[C@@H](O)[C@H](O)[C@@H]1O. The number of aliphatic hydroxyl groups is 4. The lowest BCUT2D eigenvalue weighted by molar-refractivity contribution is -0.277. The van der Waals surface area contributed by atoms with Gasteiger partial charge in [0.15, 0.2) is 23.0 Å². The largest absolute Gasteiger partial charge is 0.493 e. The van der Waals surface area contributed by atoms with Gasteiger partial charge < -0.3 is 48.5 Å². The first-order valence-electron chi connectivity index (χ1n) is 10.4. The van der Waals surface area contributed by atoms with Crippen LogP contribution in [0.1, 0.15) is 0 Å². The zero-order valence-corrected chi connectivity index (χ0v) is 17.9. The lowest BCUT2D eigenvalue weighted by atomic mass is 9.99. The second kappa shape index (κ2) is 8.78. The van der Waals surface area contributed by atoms with Crippen LogP contribution < -0.4 is 24.4 Å². The molecule has 11 nitrogen and oxygen atoms in total. The number of ether oxygens (including phenoxy) is 5. The maximum absolute atomic E-state index is 13.2. The highest BCUT2D eigenvalue weighted by molar-refractivity contribution is 5.85. The van der Waals surface area contributed by atoms with Crippen LogP contribution in [0.15, 0.2) is 45.8 Å². The van der Waals surface area contributed by atoms with Gasteiger partial charge in [-0.3, -0.25) is 4.79 Å². The van der Waals surface area contributed by atoms with E-state index >= 15 is 0 Å². The summed E-state index contributed by atoms with van der Waals surface area (Å²) in [6, 6.07) is 7.93. The van der Waals surface area contributed by atoms with E-state index < -0.39 is 37.3 Å². The van der Waals surface area contributed by atoms with Crippen molar-refractivity contribution in [3.8, 4) is 34.1 Å². The third-order valence-corrected chi connectivity index (χ3v) is 5.83. The van der Waals surface area contributed by atoms with Crippen LogP contribution in [0.5, 0.6) is 23.0 Å². The van der Waals surface area contributed by atoms with E-state index in [1.807, 2.05) is 0 Å². The van der Waals surface area contributed by atoms with Crippen LogP contribution in [0.3, 0.4) is 0 Å². The van der Waals surface area contributed by atoms with Crippen molar-refractivity contribution in [3.63, 3.8) is 0 Å². The summed E-state index contributed by atoms with van der Waals surface area (Å²) in [6.07, 6.45) is -6.00. The second-order valence-electron chi connectivity index (χ2n) is 7.86. The van der Waals surface area contributed by atoms with Crippen LogP contribution in [0.4, 0.5) is 0 Å². The molecule has 0 amide bonds. The third-order valence-electron chi connectivity index (χ3n) is 5.83. The first-order chi connectivity index (χ1) is 16.4. The Balaban J connectivity index is 1.50. The molecule has 0 bridgehead atoms. The summed E-state index contributed by atoms with van der Waals surface area (Å²) in [5.74, 6) is 1.31. The number of hydrogen-bond acceptors (Lipinski definition) is 11. The first kappa shape index (κ1) is 22.4. The molecule has 0 saturated carbocycles. The Kier molecular flexibility index (Phi) is 5.80. The number of methoxy groups -OCH3 is 1. The van der Waals surface area contributed by atoms with E-state index in [2.05, 4.69) is 0 Å². The Hall–Kier alpha value is -3.35. The van der Waals surface area contributed by atoms with Gasteiger partial charge in [-0.15, -0.1) is 0 Å². The van der Waals surface area contributed by atoms with Gasteiger partial charge in [0.05, 0.1) is 24.7 Å². The molecule has 3 heterocycles. The Morgan fingerprint density at radius 2 is 1.79 bits per heavy atom. The third kappa shape index (κ3) is 3.73. The zero-order valence-electron chi connectivity index (χ0n) is 17.9. The summed E-state index contributed by atoms with van der Waals surface area (Å²) in [4.78, 5) is 13.2. The molecule has 0 unspecified atom stereocenters. The van der Waals surface area contributed by atoms with Crippen LogP contribution in [-0.4, -0.2) is 71.6 Å². The Labute approximate surface area is 192 Å². The normalized spacial score (nSPS) is 26.0. The van der Waals surface area contributed by atoms with Gasteiger partial charge in [0.2, 0.25) is 18.5 Å².